The summed E-state index contributed by atoms with van der Waals surface area (Å²) in [4.78, 5) is 14.3. The lowest BCUT2D eigenvalue weighted by Gasteiger charge is -2.08. The Hall–Kier alpha value is -2.54. The molecule has 0 aliphatic rings. The number of aromatic nitrogens is 1. The van der Waals surface area contributed by atoms with E-state index in [-0.39, 0.29) is 11.3 Å². The number of benzene rings is 1. The lowest BCUT2D eigenvalue weighted by molar-refractivity contribution is 0.477. The molecule has 0 unspecified atom stereocenters. The van der Waals surface area contributed by atoms with Crippen molar-refractivity contribution in [2.75, 3.05) is 0 Å². The Balaban J connectivity index is 2.83. The van der Waals surface area contributed by atoms with Crippen LogP contribution in [0.3, 0.4) is 0 Å². The van der Waals surface area contributed by atoms with Crippen LogP contribution in [0.15, 0.2) is 29.1 Å². The predicted octanol–water partition coefficient (Wildman–Crippen LogP) is 2.24. The molecule has 0 amide bonds. The van der Waals surface area contributed by atoms with E-state index in [1.807, 2.05) is 13.0 Å². The summed E-state index contributed by atoms with van der Waals surface area (Å²) < 4.78 is 0. The Kier molecular flexibility index (Phi) is 2.90. The van der Waals surface area contributed by atoms with Gasteiger partial charge in [0.1, 0.15) is 17.4 Å². The molecule has 2 rings (SSSR count). The van der Waals surface area contributed by atoms with E-state index in [4.69, 9.17) is 5.26 Å². The number of phenols is 1. The Morgan fingerprint density at radius 3 is 2.61 bits per heavy atom. The second kappa shape index (κ2) is 4.38. The van der Waals surface area contributed by atoms with Gasteiger partial charge in [0.15, 0.2) is 0 Å². The van der Waals surface area contributed by atoms with E-state index in [1.165, 1.54) is 0 Å². The molecule has 2 aromatic rings. The molecule has 0 aliphatic heterocycles. The lowest BCUT2D eigenvalue weighted by atomic mass is 9.98. The molecule has 0 fully saturated rings. The molecule has 1 aromatic carbocycles. The molecule has 4 heteroatoms. The first-order valence-electron chi connectivity index (χ1n) is 5.47. The van der Waals surface area contributed by atoms with Crippen molar-refractivity contribution in [3.63, 3.8) is 0 Å². The number of nitrogens with one attached hydrogen (secondary N) is 1. The van der Waals surface area contributed by atoms with Gasteiger partial charge in [-0.3, -0.25) is 4.79 Å². The molecular weight excluding hydrogens is 228 g/mol. The zero-order chi connectivity index (χ0) is 13.3. The standard InChI is InChI=1S/C14H12N2O2/c1-8-3-4-13(17)11(5-8)10-6-9(2)16-14(18)12(10)7-15/h3-6,17H,1-2H3,(H,16,18). The van der Waals surface area contributed by atoms with Crippen LogP contribution in [0.25, 0.3) is 11.1 Å². The molecule has 0 bridgehead atoms. The number of hydrogen-bond donors (Lipinski definition) is 2. The van der Waals surface area contributed by atoms with E-state index in [0.29, 0.717) is 16.8 Å². The highest BCUT2D eigenvalue weighted by Crippen LogP contribution is 2.31. The molecule has 0 saturated heterocycles. The Bertz CT molecular complexity index is 709. The van der Waals surface area contributed by atoms with Crippen molar-refractivity contribution in [3.8, 4) is 22.9 Å². The van der Waals surface area contributed by atoms with Crippen molar-refractivity contribution in [2.24, 2.45) is 0 Å². The largest absolute Gasteiger partial charge is 0.507 e. The number of pyridine rings is 1. The summed E-state index contributed by atoms with van der Waals surface area (Å²) >= 11 is 0. The number of H-pyrrole nitrogens is 1. The van der Waals surface area contributed by atoms with E-state index in [1.54, 1.807) is 31.2 Å². The smallest absolute Gasteiger partial charge is 0.266 e. The van der Waals surface area contributed by atoms with Crippen LogP contribution in [0.4, 0.5) is 0 Å². The van der Waals surface area contributed by atoms with E-state index >= 15 is 0 Å². The first-order valence-corrected chi connectivity index (χ1v) is 5.47. The minimum Gasteiger partial charge on any atom is -0.507 e. The predicted molar refractivity (Wildman–Crippen MR) is 68.4 cm³/mol. The SMILES string of the molecule is Cc1ccc(O)c(-c2cc(C)[nH]c(=O)c2C#N)c1. The van der Waals surface area contributed by atoms with Gasteiger partial charge in [0.05, 0.1) is 0 Å². The molecule has 1 aromatic heterocycles. The van der Waals surface area contributed by atoms with Crippen molar-refractivity contribution < 1.29 is 5.11 Å². The maximum absolute atomic E-state index is 11.7. The van der Waals surface area contributed by atoms with Crippen molar-refractivity contribution >= 4 is 0 Å². The van der Waals surface area contributed by atoms with Gasteiger partial charge >= 0.3 is 0 Å². The van der Waals surface area contributed by atoms with Crippen LogP contribution < -0.4 is 5.56 Å². The van der Waals surface area contributed by atoms with Crippen molar-refractivity contribution in [3.05, 3.63) is 51.4 Å². The monoisotopic (exact) mass is 240 g/mol. The van der Waals surface area contributed by atoms with Gasteiger partial charge in [-0.25, -0.2) is 0 Å². The summed E-state index contributed by atoms with van der Waals surface area (Å²) in [5, 5.41) is 18.9. The zero-order valence-electron chi connectivity index (χ0n) is 10.1. The van der Waals surface area contributed by atoms with E-state index in [2.05, 4.69) is 4.98 Å². The van der Waals surface area contributed by atoms with Gasteiger partial charge in [-0.1, -0.05) is 11.6 Å². The second-order valence-electron chi connectivity index (χ2n) is 4.20. The van der Waals surface area contributed by atoms with Crippen molar-refractivity contribution in [2.45, 2.75) is 13.8 Å². The number of nitrogens with zero attached hydrogens (tertiary/aromatic N) is 1. The van der Waals surface area contributed by atoms with Crippen LogP contribution in [-0.4, -0.2) is 10.1 Å². The first-order chi connectivity index (χ1) is 8.52. The van der Waals surface area contributed by atoms with Crippen molar-refractivity contribution in [1.82, 2.24) is 4.98 Å². The minimum absolute atomic E-state index is 0.0153. The fourth-order valence-electron chi connectivity index (χ4n) is 1.88. The van der Waals surface area contributed by atoms with Gasteiger partial charge in [-0.05, 0) is 32.0 Å². The number of nitriles is 1. The van der Waals surface area contributed by atoms with Gasteiger partial charge in [0, 0.05) is 16.8 Å². The van der Waals surface area contributed by atoms with Gasteiger partial charge in [0.2, 0.25) is 0 Å². The molecule has 0 atom stereocenters. The molecule has 1 heterocycles. The lowest BCUT2D eigenvalue weighted by Crippen LogP contribution is -2.12. The fraction of sp³-hybridized carbons (Fsp3) is 0.143. The normalized spacial score (nSPS) is 10.1. The van der Waals surface area contributed by atoms with Gasteiger partial charge in [-0.15, -0.1) is 0 Å². The maximum atomic E-state index is 11.7. The van der Waals surface area contributed by atoms with E-state index < -0.39 is 5.56 Å². The highest BCUT2D eigenvalue weighted by atomic mass is 16.3. The number of phenolic OH excluding ortho intramolecular Hbond substituents is 1. The van der Waals surface area contributed by atoms with Crippen LogP contribution in [0.5, 0.6) is 5.75 Å². The van der Waals surface area contributed by atoms with E-state index in [0.717, 1.165) is 5.56 Å². The van der Waals surface area contributed by atoms with Crippen LogP contribution in [0, 0.1) is 25.2 Å². The molecule has 2 N–H and O–H groups in total. The molecule has 90 valence electrons. The second-order valence-corrected chi connectivity index (χ2v) is 4.20. The molecule has 18 heavy (non-hydrogen) atoms. The van der Waals surface area contributed by atoms with Crippen molar-refractivity contribution in [1.29, 1.82) is 5.26 Å². The minimum atomic E-state index is -0.437. The highest BCUT2D eigenvalue weighted by molar-refractivity contribution is 5.75. The third-order valence-corrected chi connectivity index (χ3v) is 2.72. The summed E-state index contributed by atoms with van der Waals surface area (Å²) in [7, 11) is 0. The summed E-state index contributed by atoms with van der Waals surface area (Å²) in [6.07, 6.45) is 0. The van der Waals surface area contributed by atoms with Gasteiger partial charge in [0.25, 0.3) is 5.56 Å². The quantitative estimate of drug-likeness (QED) is 0.802. The number of rotatable bonds is 1. The number of aromatic hydroxyl groups is 1. The zero-order valence-corrected chi connectivity index (χ0v) is 10.1. The average molecular weight is 240 g/mol. The summed E-state index contributed by atoms with van der Waals surface area (Å²) in [6.45, 7) is 3.62. The van der Waals surface area contributed by atoms with Crippen LogP contribution in [0.1, 0.15) is 16.8 Å². The Morgan fingerprint density at radius 2 is 1.94 bits per heavy atom. The van der Waals surface area contributed by atoms with Gasteiger partial charge < -0.3 is 10.1 Å². The number of aromatic amines is 1. The average Bonchev–Trinajstić information content (AvgIpc) is 2.31. The summed E-state index contributed by atoms with van der Waals surface area (Å²) in [5.41, 5.74) is 2.13. The number of hydrogen-bond acceptors (Lipinski definition) is 3. The van der Waals surface area contributed by atoms with Crippen LogP contribution in [-0.2, 0) is 0 Å². The molecule has 0 radical (unpaired) electrons. The molecule has 0 saturated carbocycles. The van der Waals surface area contributed by atoms with Crippen LogP contribution in [0.2, 0.25) is 0 Å². The highest BCUT2D eigenvalue weighted by Gasteiger charge is 2.13. The Labute approximate surface area is 104 Å². The summed E-state index contributed by atoms with van der Waals surface area (Å²) in [5.74, 6) is 0.0575. The molecular formula is C14H12N2O2. The van der Waals surface area contributed by atoms with E-state index in [9.17, 15) is 9.90 Å². The third-order valence-electron chi connectivity index (χ3n) is 2.72. The topological polar surface area (TPSA) is 76.9 Å². The first kappa shape index (κ1) is 11.9. The maximum Gasteiger partial charge on any atom is 0.266 e. The summed E-state index contributed by atoms with van der Waals surface area (Å²) in [6, 6.07) is 8.65. The molecule has 0 spiro atoms. The molecule has 0 aliphatic carbocycles. The molecule has 4 nitrogen and oxygen atoms in total. The van der Waals surface area contributed by atoms with Crippen LogP contribution >= 0.6 is 0 Å². The fourth-order valence-corrected chi connectivity index (χ4v) is 1.88. The Morgan fingerprint density at radius 1 is 1.22 bits per heavy atom. The third kappa shape index (κ3) is 1.98. The number of aryl methyl sites for hydroxylation is 2. The van der Waals surface area contributed by atoms with Gasteiger partial charge in [-0.2, -0.15) is 5.26 Å².